The largest absolute Gasteiger partial charge is 0.396 e. The van der Waals surface area contributed by atoms with Gasteiger partial charge < -0.3 is 5.11 Å². The maximum absolute atomic E-state index is 11.4. The first-order valence-electron chi connectivity index (χ1n) is 4.56. The standard InChI is InChI=1S/C9H12N2O3/c1-5-3-11(7-2-6(7)4-12)9(14)10-8(5)13/h3,6-7,12H,2,4H2,1H3,(H,10,13,14). The molecule has 2 rings (SSSR count). The molecule has 1 aromatic heterocycles. The van der Waals surface area contributed by atoms with E-state index in [2.05, 4.69) is 4.98 Å². The van der Waals surface area contributed by atoms with Crippen LogP contribution in [0.3, 0.4) is 0 Å². The van der Waals surface area contributed by atoms with Gasteiger partial charge in [0, 0.05) is 30.3 Å². The lowest BCUT2D eigenvalue weighted by Gasteiger charge is -2.03. The molecule has 2 N–H and O–H groups in total. The maximum Gasteiger partial charge on any atom is 0.328 e. The first-order chi connectivity index (χ1) is 6.63. The van der Waals surface area contributed by atoms with E-state index in [9.17, 15) is 9.59 Å². The minimum atomic E-state index is -0.387. The highest BCUT2D eigenvalue weighted by atomic mass is 16.3. The summed E-state index contributed by atoms with van der Waals surface area (Å²) in [5.74, 6) is 0.165. The Balaban J connectivity index is 2.41. The number of aromatic amines is 1. The number of aliphatic hydroxyl groups is 1. The molecule has 1 saturated carbocycles. The van der Waals surface area contributed by atoms with Gasteiger partial charge in [-0.25, -0.2) is 4.79 Å². The van der Waals surface area contributed by atoms with Crippen LogP contribution in [0.15, 0.2) is 15.8 Å². The lowest BCUT2D eigenvalue weighted by Crippen LogP contribution is -2.30. The van der Waals surface area contributed by atoms with Crippen molar-refractivity contribution in [1.82, 2.24) is 9.55 Å². The van der Waals surface area contributed by atoms with Gasteiger partial charge in [-0.15, -0.1) is 0 Å². The molecule has 0 aliphatic heterocycles. The number of hydrogen-bond donors (Lipinski definition) is 2. The zero-order chi connectivity index (χ0) is 10.3. The molecule has 2 atom stereocenters. The van der Waals surface area contributed by atoms with Crippen molar-refractivity contribution in [2.24, 2.45) is 5.92 Å². The fourth-order valence-electron chi connectivity index (χ4n) is 1.60. The molecule has 0 aromatic carbocycles. The van der Waals surface area contributed by atoms with E-state index in [1.807, 2.05) is 0 Å². The van der Waals surface area contributed by atoms with Gasteiger partial charge in [0.15, 0.2) is 0 Å². The lowest BCUT2D eigenvalue weighted by atomic mass is 10.3. The predicted octanol–water partition coefficient (Wildman–Crippen LogP) is -0.602. The fourth-order valence-corrected chi connectivity index (χ4v) is 1.60. The Morgan fingerprint density at radius 2 is 2.36 bits per heavy atom. The molecular weight excluding hydrogens is 184 g/mol. The van der Waals surface area contributed by atoms with E-state index in [1.54, 1.807) is 13.1 Å². The second-order valence-corrected chi connectivity index (χ2v) is 3.72. The van der Waals surface area contributed by atoms with E-state index in [4.69, 9.17) is 5.11 Å². The van der Waals surface area contributed by atoms with Gasteiger partial charge in [-0.2, -0.15) is 0 Å². The molecule has 0 spiro atoms. The summed E-state index contributed by atoms with van der Waals surface area (Å²) < 4.78 is 1.50. The minimum Gasteiger partial charge on any atom is -0.396 e. The topological polar surface area (TPSA) is 75.1 Å². The number of aromatic nitrogens is 2. The van der Waals surface area contributed by atoms with Crippen molar-refractivity contribution in [3.63, 3.8) is 0 Å². The third-order valence-corrected chi connectivity index (χ3v) is 2.62. The Labute approximate surface area is 80.0 Å². The molecule has 1 aromatic rings. The van der Waals surface area contributed by atoms with Crippen LogP contribution in [0.5, 0.6) is 0 Å². The van der Waals surface area contributed by atoms with Crippen LogP contribution in [0.4, 0.5) is 0 Å². The van der Waals surface area contributed by atoms with Gasteiger partial charge in [0.25, 0.3) is 5.56 Å². The average Bonchev–Trinajstić information content (AvgIpc) is 2.90. The summed E-state index contributed by atoms with van der Waals surface area (Å²) in [5.41, 5.74) is -0.206. The monoisotopic (exact) mass is 196 g/mol. The summed E-state index contributed by atoms with van der Waals surface area (Å²) in [7, 11) is 0. The van der Waals surface area contributed by atoms with E-state index in [0.29, 0.717) is 5.56 Å². The summed E-state index contributed by atoms with van der Waals surface area (Å²) in [4.78, 5) is 24.7. The van der Waals surface area contributed by atoms with Crippen molar-refractivity contribution < 1.29 is 5.11 Å². The zero-order valence-corrected chi connectivity index (χ0v) is 7.86. The van der Waals surface area contributed by atoms with Crippen molar-refractivity contribution in [2.75, 3.05) is 6.61 Å². The van der Waals surface area contributed by atoms with Gasteiger partial charge in [-0.1, -0.05) is 0 Å². The van der Waals surface area contributed by atoms with Gasteiger partial charge >= 0.3 is 5.69 Å². The molecule has 76 valence electrons. The number of aliphatic hydroxyl groups excluding tert-OH is 1. The molecule has 1 fully saturated rings. The second kappa shape index (κ2) is 3.09. The first-order valence-corrected chi connectivity index (χ1v) is 4.56. The van der Waals surface area contributed by atoms with Gasteiger partial charge in [0.1, 0.15) is 0 Å². The Kier molecular flexibility index (Phi) is 2.03. The number of rotatable bonds is 2. The van der Waals surface area contributed by atoms with Crippen molar-refractivity contribution in [3.05, 3.63) is 32.6 Å². The molecule has 1 heterocycles. The number of H-pyrrole nitrogens is 1. The molecule has 0 saturated heterocycles. The van der Waals surface area contributed by atoms with Gasteiger partial charge in [0.05, 0.1) is 0 Å². The van der Waals surface area contributed by atoms with Crippen molar-refractivity contribution in [1.29, 1.82) is 0 Å². The van der Waals surface area contributed by atoms with Crippen molar-refractivity contribution >= 4 is 0 Å². The van der Waals surface area contributed by atoms with Crippen LogP contribution in [0.2, 0.25) is 0 Å². The van der Waals surface area contributed by atoms with Crippen LogP contribution in [0.25, 0.3) is 0 Å². The molecule has 2 unspecified atom stereocenters. The maximum atomic E-state index is 11.4. The molecule has 5 heteroatoms. The molecule has 0 amide bonds. The van der Waals surface area contributed by atoms with Crippen LogP contribution < -0.4 is 11.2 Å². The lowest BCUT2D eigenvalue weighted by molar-refractivity contribution is 0.268. The molecule has 0 bridgehead atoms. The smallest absolute Gasteiger partial charge is 0.328 e. The molecule has 5 nitrogen and oxygen atoms in total. The summed E-state index contributed by atoms with van der Waals surface area (Å²) in [5, 5.41) is 8.87. The van der Waals surface area contributed by atoms with E-state index in [0.717, 1.165) is 6.42 Å². The van der Waals surface area contributed by atoms with E-state index < -0.39 is 0 Å². The van der Waals surface area contributed by atoms with Crippen LogP contribution >= 0.6 is 0 Å². The molecule has 14 heavy (non-hydrogen) atoms. The Hall–Kier alpha value is -1.36. The van der Waals surface area contributed by atoms with Gasteiger partial charge in [0.2, 0.25) is 0 Å². The minimum absolute atomic E-state index is 0.0584. The van der Waals surface area contributed by atoms with Crippen LogP contribution in [0.1, 0.15) is 18.0 Å². The van der Waals surface area contributed by atoms with Crippen molar-refractivity contribution in [3.8, 4) is 0 Å². The molecule has 0 radical (unpaired) electrons. The highest BCUT2D eigenvalue weighted by Gasteiger charge is 2.38. The van der Waals surface area contributed by atoms with E-state index in [1.165, 1.54) is 4.57 Å². The zero-order valence-electron chi connectivity index (χ0n) is 7.86. The first kappa shape index (κ1) is 9.21. The molecule has 1 aliphatic carbocycles. The normalized spacial score (nSPS) is 25.0. The summed E-state index contributed by atoms with van der Waals surface area (Å²) in [6.45, 7) is 1.75. The second-order valence-electron chi connectivity index (χ2n) is 3.72. The Bertz CT molecular complexity index is 460. The van der Waals surface area contributed by atoms with Gasteiger partial charge in [-0.3, -0.25) is 14.3 Å². The summed E-state index contributed by atoms with van der Waals surface area (Å²) >= 11 is 0. The SMILES string of the molecule is Cc1cn(C2CC2CO)c(=O)[nH]c1=O. The van der Waals surface area contributed by atoms with E-state index >= 15 is 0 Å². The third kappa shape index (κ3) is 1.39. The van der Waals surface area contributed by atoms with Gasteiger partial charge in [-0.05, 0) is 13.3 Å². The highest BCUT2D eigenvalue weighted by Crippen LogP contribution is 2.41. The van der Waals surface area contributed by atoms with Crippen LogP contribution in [0, 0.1) is 12.8 Å². The number of nitrogens with zero attached hydrogens (tertiary/aromatic N) is 1. The van der Waals surface area contributed by atoms with Crippen LogP contribution in [-0.4, -0.2) is 21.3 Å². The Morgan fingerprint density at radius 3 is 2.93 bits per heavy atom. The van der Waals surface area contributed by atoms with Crippen LogP contribution in [-0.2, 0) is 0 Å². The number of aryl methyl sites for hydroxylation is 1. The number of hydrogen-bond acceptors (Lipinski definition) is 3. The molecule has 1 aliphatic rings. The summed E-state index contributed by atoms with van der Waals surface area (Å²) in [6.07, 6.45) is 2.36. The Morgan fingerprint density at radius 1 is 1.64 bits per heavy atom. The summed E-state index contributed by atoms with van der Waals surface area (Å²) in [6, 6.07) is 0.0584. The quantitative estimate of drug-likeness (QED) is 0.663. The number of nitrogens with one attached hydrogen (secondary N) is 1. The third-order valence-electron chi connectivity index (χ3n) is 2.62. The molecular formula is C9H12N2O3. The predicted molar refractivity (Wildman–Crippen MR) is 50.3 cm³/mol. The van der Waals surface area contributed by atoms with Crippen molar-refractivity contribution in [2.45, 2.75) is 19.4 Å². The highest BCUT2D eigenvalue weighted by molar-refractivity contribution is 5.05. The average molecular weight is 196 g/mol. The fraction of sp³-hybridized carbons (Fsp3) is 0.556. The van der Waals surface area contributed by atoms with E-state index in [-0.39, 0.29) is 29.8 Å².